The molecule has 0 aliphatic rings. The van der Waals surface area contributed by atoms with Gasteiger partial charge < -0.3 is 5.73 Å². The summed E-state index contributed by atoms with van der Waals surface area (Å²) in [6, 6.07) is 16.1. The summed E-state index contributed by atoms with van der Waals surface area (Å²) < 4.78 is 1.08. The zero-order chi connectivity index (χ0) is 13.2. The molecule has 0 saturated carbocycles. The highest BCUT2D eigenvalue weighted by Gasteiger charge is 2.04. The van der Waals surface area contributed by atoms with E-state index in [1.54, 1.807) is 11.8 Å². The molecule has 0 radical (unpaired) electrons. The maximum atomic E-state index is 5.79. The van der Waals surface area contributed by atoms with Crippen molar-refractivity contribution in [3.8, 4) is 0 Å². The molecule has 94 valence electrons. The van der Waals surface area contributed by atoms with Gasteiger partial charge in [-0.05, 0) is 42.5 Å². The highest BCUT2D eigenvalue weighted by molar-refractivity contribution is 9.10. The number of anilines is 1. The smallest absolute Gasteiger partial charge is 0.0733 e. The Hall–Kier alpha value is -1.52. The van der Waals surface area contributed by atoms with Crippen LogP contribution in [0.3, 0.4) is 0 Å². The number of rotatable bonds is 2. The summed E-state index contributed by atoms with van der Waals surface area (Å²) in [6.07, 6.45) is 1.82. The third-order valence-corrected chi connectivity index (χ3v) is 4.31. The second-order valence-electron chi connectivity index (χ2n) is 4.15. The molecule has 1 heterocycles. The Balaban J connectivity index is 2.06. The molecule has 2 nitrogen and oxygen atoms in total. The van der Waals surface area contributed by atoms with Crippen molar-refractivity contribution in [2.24, 2.45) is 0 Å². The number of nitrogen functional groups attached to an aromatic ring is 1. The van der Waals surface area contributed by atoms with Gasteiger partial charge in [-0.2, -0.15) is 0 Å². The Morgan fingerprint density at radius 2 is 1.95 bits per heavy atom. The third kappa shape index (κ3) is 2.74. The van der Waals surface area contributed by atoms with E-state index in [2.05, 4.69) is 33.0 Å². The number of nitrogens with zero attached hydrogens (tertiary/aromatic N) is 1. The number of nitrogens with two attached hydrogens (primary N) is 1. The van der Waals surface area contributed by atoms with Gasteiger partial charge in [0.05, 0.1) is 5.52 Å². The first-order valence-electron chi connectivity index (χ1n) is 5.80. The Kier molecular flexibility index (Phi) is 3.44. The van der Waals surface area contributed by atoms with Gasteiger partial charge in [0.15, 0.2) is 0 Å². The van der Waals surface area contributed by atoms with Crippen molar-refractivity contribution < 1.29 is 0 Å². The summed E-state index contributed by atoms with van der Waals surface area (Å²) in [4.78, 5) is 6.74. The van der Waals surface area contributed by atoms with Gasteiger partial charge in [0, 0.05) is 31.5 Å². The minimum absolute atomic E-state index is 0.740. The lowest BCUT2D eigenvalue weighted by Gasteiger charge is -2.06. The molecule has 4 heteroatoms. The van der Waals surface area contributed by atoms with Crippen molar-refractivity contribution in [2.45, 2.75) is 9.79 Å². The van der Waals surface area contributed by atoms with E-state index in [0.717, 1.165) is 21.1 Å². The first-order chi connectivity index (χ1) is 9.22. The summed E-state index contributed by atoms with van der Waals surface area (Å²) in [5.74, 6) is 0. The molecule has 3 aromatic rings. The Morgan fingerprint density at radius 3 is 2.79 bits per heavy atom. The fraction of sp³-hybridized carbons (Fsp3) is 0. The van der Waals surface area contributed by atoms with Crippen LogP contribution in [-0.2, 0) is 0 Å². The quantitative estimate of drug-likeness (QED) is 0.690. The standard InChI is InChI=1S/C15H11BrN2S/c16-10-2-1-3-12(8-10)19-15-6-7-18-14-9-11(17)4-5-13(14)15/h1-9H,17H2. The molecule has 3 rings (SSSR count). The predicted octanol–water partition coefficient (Wildman–Crippen LogP) is 4.73. The fourth-order valence-electron chi connectivity index (χ4n) is 1.89. The summed E-state index contributed by atoms with van der Waals surface area (Å²) in [6.45, 7) is 0. The molecule has 0 amide bonds. The van der Waals surface area contributed by atoms with Crippen LogP contribution in [0.2, 0.25) is 0 Å². The van der Waals surface area contributed by atoms with Gasteiger partial charge in [-0.1, -0.05) is 33.8 Å². The molecular formula is C15H11BrN2S. The third-order valence-electron chi connectivity index (χ3n) is 2.75. The topological polar surface area (TPSA) is 38.9 Å². The molecule has 0 bridgehead atoms. The minimum atomic E-state index is 0.740. The molecule has 0 aliphatic heterocycles. The Morgan fingerprint density at radius 1 is 1.05 bits per heavy atom. The molecular weight excluding hydrogens is 320 g/mol. The molecule has 2 aromatic carbocycles. The summed E-state index contributed by atoms with van der Waals surface area (Å²) in [5.41, 5.74) is 7.46. The van der Waals surface area contributed by atoms with Crippen LogP contribution in [0, 0.1) is 0 Å². The molecule has 0 atom stereocenters. The van der Waals surface area contributed by atoms with Crippen LogP contribution in [0.25, 0.3) is 10.9 Å². The zero-order valence-electron chi connectivity index (χ0n) is 10.0. The van der Waals surface area contributed by atoms with Gasteiger partial charge in [-0.25, -0.2) is 0 Å². The first kappa shape index (κ1) is 12.5. The minimum Gasteiger partial charge on any atom is -0.399 e. The van der Waals surface area contributed by atoms with E-state index in [4.69, 9.17) is 5.73 Å². The second-order valence-corrected chi connectivity index (χ2v) is 6.18. The van der Waals surface area contributed by atoms with E-state index in [1.165, 1.54) is 9.79 Å². The molecule has 0 aliphatic carbocycles. The van der Waals surface area contributed by atoms with E-state index in [-0.39, 0.29) is 0 Å². The molecule has 19 heavy (non-hydrogen) atoms. The van der Waals surface area contributed by atoms with Gasteiger partial charge in [0.25, 0.3) is 0 Å². The van der Waals surface area contributed by atoms with Crippen molar-refractivity contribution >= 4 is 44.3 Å². The highest BCUT2D eigenvalue weighted by atomic mass is 79.9. The van der Waals surface area contributed by atoms with Gasteiger partial charge in [-0.15, -0.1) is 0 Å². The van der Waals surface area contributed by atoms with Crippen molar-refractivity contribution in [1.82, 2.24) is 4.98 Å². The van der Waals surface area contributed by atoms with Crippen LogP contribution >= 0.6 is 27.7 Å². The summed E-state index contributed by atoms with van der Waals surface area (Å²) in [7, 11) is 0. The van der Waals surface area contributed by atoms with E-state index >= 15 is 0 Å². The molecule has 0 unspecified atom stereocenters. The van der Waals surface area contributed by atoms with Crippen molar-refractivity contribution in [3.63, 3.8) is 0 Å². The van der Waals surface area contributed by atoms with Crippen LogP contribution in [0.1, 0.15) is 0 Å². The number of hydrogen-bond acceptors (Lipinski definition) is 3. The lowest BCUT2D eigenvalue weighted by Crippen LogP contribution is -1.87. The average molecular weight is 331 g/mol. The summed E-state index contributed by atoms with van der Waals surface area (Å²) >= 11 is 5.22. The SMILES string of the molecule is Nc1ccc2c(Sc3cccc(Br)c3)ccnc2c1. The molecule has 2 N–H and O–H groups in total. The largest absolute Gasteiger partial charge is 0.399 e. The molecule has 1 aromatic heterocycles. The number of fused-ring (bicyclic) bond motifs is 1. The molecule has 0 fully saturated rings. The Bertz CT molecular complexity index is 743. The van der Waals surface area contributed by atoms with Gasteiger partial charge in [0.2, 0.25) is 0 Å². The zero-order valence-corrected chi connectivity index (χ0v) is 12.4. The normalized spacial score (nSPS) is 10.8. The van der Waals surface area contributed by atoms with Crippen LogP contribution < -0.4 is 5.73 Å². The van der Waals surface area contributed by atoms with Crippen LogP contribution in [-0.4, -0.2) is 4.98 Å². The number of pyridine rings is 1. The summed E-state index contributed by atoms with van der Waals surface area (Å²) in [5, 5.41) is 1.13. The Labute approximate surface area is 124 Å². The van der Waals surface area contributed by atoms with Crippen molar-refractivity contribution in [1.29, 1.82) is 0 Å². The second kappa shape index (κ2) is 5.23. The van der Waals surface area contributed by atoms with Gasteiger partial charge >= 0.3 is 0 Å². The number of aromatic nitrogens is 1. The van der Waals surface area contributed by atoms with E-state index in [1.807, 2.05) is 42.6 Å². The van der Waals surface area contributed by atoms with Gasteiger partial charge in [0.1, 0.15) is 0 Å². The van der Waals surface area contributed by atoms with Crippen molar-refractivity contribution in [2.75, 3.05) is 5.73 Å². The predicted molar refractivity (Wildman–Crippen MR) is 84.4 cm³/mol. The maximum Gasteiger partial charge on any atom is 0.0733 e. The lowest BCUT2D eigenvalue weighted by atomic mass is 10.2. The average Bonchev–Trinajstić information content (AvgIpc) is 2.38. The van der Waals surface area contributed by atoms with Gasteiger partial charge in [-0.3, -0.25) is 4.98 Å². The van der Waals surface area contributed by atoms with E-state index < -0.39 is 0 Å². The maximum absolute atomic E-state index is 5.79. The van der Waals surface area contributed by atoms with E-state index in [9.17, 15) is 0 Å². The fourth-order valence-corrected chi connectivity index (χ4v) is 3.43. The number of halogens is 1. The van der Waals surface area contributed by atoms with Crippen LogP contribution in [0.5, 0.6) is 0 Å². The number of hydrogen-bond donors (Lipinski definition) is 1. The van der Waals surface area contributed by atoms with Crippen molar-refractivity contribution in [3.05, 3.63) is 59.2 Å². The van der Waals surface area contributed by atoms with Crippen LogP contribution in [0.4, 0.5) is 5.69 Å². The highest BCUT2D eigenvalue weighted by Crippen LogP contribution is 2.34. The molecule has 0 spiro atoms. The molecule has 0 saturated heterocycles. The first-order valence-corrected chi connectivity index (χ1v) is 7.41. The monoisotopic (exact) mass is 330 g/mol. The van der Waals surface area contributed by atoms with Crippen LogP contribution in [0.15, 0.2) is 69.0 Å². The van der Waals surface area contributed by atoms with E-state index in [0.29, 0.717) is 0 Å². The number of benzene rings is 2. The lowest BCUT2D eigenvalue weighted by molar-refractivity contribution is 1.34.